The molecule has 1 saturated heterocycles. The van der Waals surface area contributed by atoms with Crippen molar-refractivity contribution < 1.29 is 9.53 Å². The predicted octanol–water partition coefficient (Wildman–Crippen LogP) is 0.821. The van der Waals surface area contributed by atoms with Crippen molar-refractivity contribution in [3.8, 4) is 0 Å². The molecule has 0 atom stereocenters. The quantitative estimate of drug-likeness (QED) is 0.844. The molecule has 0 bridgehead atoms. The van der Waals surface area contributed by atoms with Crippen LogP contribution in [0.25, 0.3) is 0 Å². The molecule has 126 valence electrons. The molecule has 7 nitrogen and oxygen atoms in total. The van der Waals surface area contributed by atoms with E-state index >= 15 is 0 Å². The molecule has 0 unspecified atom stereocenters. The van der Waals surface area contributed by atoms with E-state index in [0.717, 1.165) is 38.4 Å². The Morgan fingerprint density at radius 3 is 2.62 bits per heavy atom. The Hall–Kier alpha value is -2.51. The zero-order chi connectivity index (χ0) is 16.8. The van der Waals surface area contributed by atoms with E-state index in [-0.39, 0.29) is 17.4 Å². The number of nitrogens with two attached hydrogens (primary N) is 1. The summed E-state index contributed by atoms with van der Waals surface area (Å²) in [4.78, 5) is 22.4. The van der Waals surface area contributed by atoms with Gasteiger partial charge in [-0.2, -0.15) is 0 Å². The van der Waals surface area contributed by atoms with E-state index in [4.69, 9.17) is 10.5 Å². The standard InChI is InChI=1S/C17H21N5O2/c18-16-15(19-5-6-20-16)17(23)21-11-13-3-1-2-4-14(13)12-22-7-9-24-10-8-22/h1-6H,7-12H2,(H2,18,20)(H,21,23). The summed E-state index contributed by atoms with van der Waals surface area (Å²) in [6, 6.07) is 8.10. The fourth-order valence-corrected chi connectivity index (χ4v) is 2.67. The maximum absolute atomic E-state index is 12.2. The zero-order valence-corrected chi connectivity index (χ0v) is 13.4. The Labute approximate surface area is 140 Å². The molecule has 24 heavy (non-hydrogen) atoms. The Bertz CT molecular complexity index is 701. The van der Waals surface area contributed by atoms with E-state index in [0.29, 0.717) is 6.54 Å². The summed E-state index contributed by atoms with van der Waals surface area (Å²) in [6.45, 7) is 4.67. The van der Waals surface area contributed by atoms with Crippen LogP contribution in [0.15, 0.2) is 36.7 Å². The van der Waals surface area contributed by atoms with E-state index in [9.17, 15) is 4.79 Å². The van der Waals surface area contributed by atoms with Gasteiger partial charge in [0.15, 0.2) is 11.5 Å². The summed E-state index contributed by atoms with van der Waals surface area (Å²) < 4.78 is 5.38. The third-order valence-electron chi connectivity index (χ3n) is 4.00. The average molecular weight is 327 g/mol. The molecule has 3 N–H and O–H groups in total. The fraction of sp³-hybridized carbons (Fsp3) is 0.353. The second-order valence-electron chi connectivity index (χ2n) is 5.63. The van der Waals surface area contributed by atoms with Crippen LogP contribution in [0.4, 0.5) is 5.82 Å². The Morgan fingerprint density at radius 1 is 1.17 bits per heavy atom. The van der Waals surface area contributed by atoms with Gasteiger partial charge >= 0.3 is 0 Å². The highest BCUT2D eigenvalue weighted by atomic mass is 16.5. The number of ether oxygens (including phenoxy) is 1. The van der Waals surface area contributed by atoms with Crippen molar-refractivity contribution in [2.24, 2.45) is 0 Å². The van der Waals surface area contributed by atoms with E-state index < -0.39 is 0 Å². The van der Waals surface area contributed by atoms with Crippen molar-refractivity contribution in [2.45, 2.75) is 13.1 Å². The van der Waals surface area contributed by atoms with Crippen LogP contribution in [0.5, 0.6) is 0 Å². The lowest BCUT2D eigenvalue weighted by Crippen LogP contribution is -2.36. The minimum absolute atomic E-state index is 0.136. The van der Waals surface area contributed by atoms with Crippen molar-refractivity contribution in [3.05, 3.63) is 53.5 Å². The van der Waals surface area contributed by atoms with Crippen LogP contribution in [0, 0.1) is 0 Å². The van der Waals surface area contributed by atoms with Gasteiger partial charge < -0.3 is 15.8 Å². The first-order valence-corrected chi connectivity index (χ1v) is 7.95. The molecule has 2 aromatic rings. The van der Waals surface area contributed by atoms with Gasteiger partial charge in [0.05, 0.1) is 13.2 Å². The van der Waals surface area contributed by atoms with Gasteiger partial charge in [0.2, 0.25) is 0 Å². The van der Waals surface area contributed by atoms with Gasteiger partial charge in [-0.25, -0.2) is 9.97 Å². The van der Waals surface area contributed by atoms with E-state index in [1.165, 1.54) is 18.0 Å². The van der Waals surface area contributed by atoms with Gasteiger partial charge in [-0.3, -0.25) is 9.69 Å². The number of anilines is 1. The number of aromatic nitrogens is 2. The molecular formula is C17H21N5O2. The molecule has 1 aliphatic heterocycles. The first-order valence-electron chi connectivity index (χ1n) is 7.95. The number of nitrogens with one attached hydrogen (secondary N) is 1. The number of nitrogen functional groups attached to an aromatic ring is 1. The third kappa shape index (κ3) is 4.06. The van der Waals surface area contributed by atoms with Gasteiger partial charge in [0.1, 0.15) is 0 Å². The van der Waals surface area contributed by atoms with Gasteiger partial charge in [0, 0.05) is 38.6 Å². The van der Waals surface area contributed by atoms with Crippen molar-refractivity contribution >= 4 is 11.7 Å². The van der Waals surface area contributed by atoms with Crippen LogP contribution in [-0.4, -0.2) is 47.1 Å². The Morgan fingerprint density at radius 2 is 1.88 bits per heavy atom. The Balaban J connectivity index is 1.64. The maximum atomic E-state index is 12.2. The molecule has 2 heterocycles. The number of amides is 1. The van der Waals surface area contributed by atoms with E-state index in [1.54, 1.807) is 0 Å². The van der Waals surface area contributed by atoms with Gasteiger partial charge in [-0.15, -0.1) is 0 Å². The molecule has 0 radical (unpaired) electrons. The van der Waals surface area contributed by atoms with Gasteiger partial charge in [-0.1, -0.05) is 24.3 Å². The number of carbonyl (C=O) groups excluding carboxylic acids is 1. The highest BCUT2D eigenvalue weighted by molar-refractivity contribution is 5.96. The maximum Gasteiger partial charge on any atom is 0.273 e. The lowest BCUT2D eigenvalue weighted by molar-refractivity contribution is 0.0340. The third-order valence-corrected chi connectivity index (χ3v) is 4.00. The topological polar surface area (TPSA) is 93.4 Å². The van der Waals surface area contributed by atoms with Crippen LogP contribution in [-0.2, 0) is 17.8 Å². The van der Waals surface area contributed by atoms with Crippen LogP contribution >= 0.6 is 0 Å². The number of morpholine rings is 1. The molecule has 7 heteroatoms. The van der Waals surface area contributed by atoms with Crippen LogP contribution in [0.3, 0.4) is 0 Å². The molecule has 1 aliphatic rings. The van der Waals surface area contributed by atoms with Crippen LogP contribution < -0.4 is 11.1 Å². The molecule has 1 fully saturated rings. The zero-order valence-electron chi connectivity index (χ0n) is 13.4. The largest absolute Gasteiger partial charge is 0.382 e. The number of rotatable bonds is 5. The Kier molecular flexibility index (Phi) is 5.35. The van der Waals surface area contributed by atoms with Crippen molar-refractivity contribution in [2.75, 3.05) is 32.0 Å². The smallest absolute Gasteiger partial charge is 0.273 e. The molecule has 1 amide bonds. The normalized spacial score (nSPS) is 15.2. The first kappa shape index (κ1) is 16.4. The van der Waals surface area contributed by atoms with Crippen molar-refractivity contribution in [1.29, 1.82) is 0 Å². The van der Waals surface area contributed by atoms with E-state index in [2.05, 4.69) is 26.3 Å². The average Bonchev–Trinajstić information content (AvgIpc) is 2.62. The molecule has 3 rings (SSSR count). The monoisotopic (exact) mass is 327 g/mol. The summed E-state index contributed by atoms with van der Waals surface area (Å²) >= 11 is 0. The van der Waals surface area contributed by atoms with Gasteiger partial charge in [0.25, 0.3) is 5.91 Å². The second-order valence-corrected chi connectivity index (χ2v) is 5.63. The summed E-state index contributed by atoms with van der Waals surface area (Å²) in [6.07, 6.45) is 2.92. The summed E-state index contributed by atoms with van der Waals surface area (Å²) in [5.74, 6) is -0.182. The predicted molar refractivity (Wildman–Crippen MR) is 90.2 cm³/mol. The molecular weight excluding hydrogens is 306 g/mol. The SMILES string of the molecule is Nc1nccnc1C(=O)NCc1ccccc1CN1CCOCC1. The molecule has 0 saturated carbocycles. The number of hydrogen-bond donors (Lipinski definition) is 2. The minimum atomic E-state index is -0.318. The lowest BCUT2D eigenvalue weighted by Gasteiger charge is -2.27. The number of nitrogens with zero attached hydrogens (tertiary/aromatic N) is 3. The highest BCUT2D eigenvalue weighted by Gasteiger charge is 2.15. The number of hydrogen-bond acceptors (Lipinski definition) is 6. The summed E-state index contributed by atoms with van der Waals surface area (Å²) in [5, 5.41) is 2.87. The fourth-order valence-electron chi connectivity index (χ4n) is 2.67. The highest BCUT2D eigenvalue weighted by Crippen LogP contribution is 2.13. The summed E-state index contributed by atoms with van der Waals surface area (Å²) in [7, 11) is 0. The number of benzene rings is 1. The van der Waals surface area contributed by atoms with E-state index in [1.807, 2.05) is 18.2 Å². The molecule has 0 aliphatic carbocycles. The second kappa shape index (κ2) is 7.85. The van der Waals surface area contributed by atoms with Crippen molar-refractivity contribution in [1.82, 2.24) is 20.2 Å². The lowest BCUT2D eigenvalue weighted by atomic mass is 10.1. The van der Waals surface area contributed by atoms with Gasteiger partial charge in [-0.05, 0) is 11.1 Å². The number of carbonyl (C=O) groups is 1. The van der Waals surface area contributed by atoms with Crippen LogP contribution in [0.1, 0.15) is 21.6 Å². The minimum Gasteiger partial charge on any atom is -0.382 e. The molecule has 1 aromatic carbocycles. The van der Waals surface area contributed by atoms with Crippen molar-refractivity contribution in [3.63, 3.8) is 0 Å². The first-order chi connectivity index (χ1) is 11.7. The molecule has 0 spiro atoms. The molecule has 1 aromatic heterocycles. The summed E-state index contributed by atoms with van der Waals surface area (Å²) in [5.41, 5.74) is 8.13. The van der Waals surface area contributed by atoms with Crippen LogP contribution in [0.2, 0.25) is 0 Å².